The van der Waals surface area contributed by atoms with Gasteiger partial charge in [0.05, 0.1) is 13.2 Å². The Hall–Kier alpha value is -0.410. The Labute approximate surface area is 92.8 Å². The molecule has 0 aromatic carbocycles. The lowest BCUT2D eigenvalue weighted by Gasteiger charge is -2.31. The Morgan fingerprint density at radius 3 is 2.00 bits per heavy atom. The van der Waals surface area contributed by atoms with E-state index in [0.717, 1.165) is 0 Å². The molecule has 0 aromatic heterocycles. The molecule has 3 heteroatoms. The summed E-state index contributed by atoms with van der Waals surface area (Å²) >= 11 is 0. The molecule has 0 radical (unpaired) electrons. The van der Waals surface area contributed by atoms with Crippen LogP contribution in [0.5, 0.6) is 0 Å². The molecular weight excluding hydrogens is 192 g/mol. The highest BCUT2D eigenvalue weighted by atomic mass is 16.5. The van der Waals surface area contributed by atoms with Crippen molar-refractivity contribution in [2.24, 2.45) is 11.3 Å². The predicted octanol–water partition coefficient (Wildman–Crippen LogP) is 2.03. The Bertz CT molecular complexity index is 215. The molecule has 1 atom stereocenters. The molecule has 0 amide bonds. The molecule has 90 valence electrons. The van der Waals surface area contributed by atoms with Gasteiger partial charge in [0.15, 0.2) is 5.78 Å². The lowest BCUT2D eigenvalue weighted by atomic mass is 9.91. The predicted molar refractivity (Wildman–Crippen MR) is 60.7 cm³/mol. The number of Topliss-reactive ketones (excluding diaryl/α,β-unsaturated/α-hetero) is 1. The summed E-state index contributed by atoms with van der Waals surface area (Å²) in [4.78, 5) is 11.8. The van der Waals surface area contributed by atoms with Gasteiger partial charge in [0.1, 0.15) is 5.60 Å². The number of hydrogen-bond acceptors (Lipinski definition) is 3. The number of carbonyl (C=O) groups excluding carboxylic acids is 1. The van der Waals surface area contributed by atoms with Gasteiger partial charge in [0.2, 0.25) is 0 Å². The fourth-order valence-electron chi connectivity index (χ4n) is 1.18. The van der Waals surface area contributed by atoms with E-state index in [1.807, 2.05) is 34.6 Å². The summed E-state index contributed by atoms with van der Waals surface area (Å²) in [6.07, 6.45) is 0. The van der Waals surface area contributed by atoms with E-state index in [1.54, 1.807) is 6.92 Å². The third kappa shape index (κ3) is 4.76. The molecule has 1 unspecified atom stereocenters. The van der Waals surface area contributed by atoms with Crippen molar-refractivity contribution in [1.29, 1.82) is 0 Å². The number of carbonyl (C=O) groups is 1. The van der Waals surface area contributed by atoms with E-state index in [0.29, 0.717) is 6.61 Å². The Kier molecular flexibility index (Phi) is 4.94. The van der Waals surface area contributed by atoms with Crippen LogP contribution in [0.2, 0.25) is 0 Å². The van der Waals surface area contributed by atoms with Gasteiger partial charge in [-0.15, -0.1) is 0 Å². The summed E-state index contributed by atoms with van der Waals surface area (Å²) in [7, 11) is 0. The fourth-order valence-corrected chi connectivity index (χ4v) is 1.18. The summed E-state index contributed by atoms with van der Waals surface area (Å²) < 4.78 is 5.57. The van der Waals surface area contributed by atoms with Gasteiger partial charge in [0.25, 0.3) is 0 Å². The average molecular weight is 216 g/mol. The van der Waals surface area contributed by atoms with E-state index in [-0.39, 0.29) is 23.7 Å². The molecule has 0 aromatic rings. The van der Waals surface area contributed by atoms with E-state index in [2.05, 4.69) is 0 Å². The van der Waals surface area contributed by atoms with Crippen LogP contribution >= 0.6 is 0 Å². The molecule has 0 fully saturated rings. The minimum atomic E-state index is -1.05. The molecule has 1 N–H and O–H groups in total. The normalized spacial score (nSPS) is 16.5. The lowest BCUT2D eigenvalue weighted by molar-refractivity contribution is -0.155. The first-order valence-electron chi connectivity index (χ1n) is 5.41. The van der Waals surface area contributed by atoms with Crippen LogP contribution in [-0.2, 0) is 9.53 Å². The highest BCUT2D eigenvalue weighted by Crippen LogP contribution is 2.21. The summed E-state index contributed by atoms with van der Waals surface area (Å²) in [5, 5.41) is 9.26. The molecule has 15 heavy (non-hydrogen) atoms. The van der Waals surface area contributed by atoms with E-state index >= 15 is 0 Å². The van der Waals surface area contributed by atoms with Gasteiger partial charge in [-0.2, -0.15) is 0 Å². The lowest BCUT2D eigenvalue weighted by Crippen LogP contribution is -2.46. The van der Waals surface area contributed by atoms with Crippen LogP contribution in [0, 0.1) is 11.3 Å². The van der Waals surface area contributed by atoms with Crippen LogP contribution in [0.3, 0.4) is 0 Å². The first kappa shape index (κ1) is 14.6. The second-order valence-electron chi connectivity index (χ2n) is 5.76. The average Bonchev–Trinajstić information content (AvgIpc) is 2.11. The van der Waals surface area contributed by atoms with Gasteiger partial charge in [-0.1, -0.05) is 34.6 Å². The maximum Gasteiger partial charge on any atom is 0.169 e. The molecule has 0 aliphatic heterocycles. The van der Waals surface area contributed by atoms with Gasteiger partial charge in [-0.05, 0) is 12.3 Å². The van der Waals surface area contributed by atoms with Gasteiger partial charge >= 0.3 is 0 Å². The topological polar surface area (TPSA) is 46.5 Å². The van der Waals surface area contributed by atoms with Crippen LogP contribution in [0.4, 0.5) is 0 Å². The number of ketones is 1. The summed E-state index contributed by atoms with van der Waals surface area (Å²) in [6.45, 7) is 11.6. The van der Waals surface area contributed by atoms with Gasteiger partial charge in [-0.25, -0.2) is 0 Å². The van der Waals surface area contributed by atoms with Crippen LogP contribution in [0.1, 0.15) is 41.5 Å². The second-order valence-corrected chi connectivity index (χ2v) is 5.76. The number of rotatable bonds is 5. The van der Waals surface area contributed by atoms with Crippen LogP contribution < -0.4 is 0 Å². The zero-order valence-electron chi connectivity index (χ0n) is 10.8. The van der Waals surface area contributed by atoms with Gasteiger partial charge in [0, 0.05) is 5.92 Å². The van der Waals surface area contributed by atoms with Crippen molar-refractivity contribution in [3.8, 4) is 0 Å². The third-order valence-electron chi connectivity index (χ3n) is 2.17. The maximum absolute atomic E-state index is 11.8. The summed E-state index contributed by atoms with van der Waals surface area (Å²) in [5.74, 6) is -0.170. The van der Waals surface area contributed by atoms with Crippen LogP contribution in [0.25, 0.3) is 0 Å². The van der Waals surface area contributed by atoms with Gasteiger partial charge < -0.3 is 9.84 Å². The molecule has 0 aliphatic carbocycles. The SMILES string of the molecule is CC(C)C(=O)C(C)(CO)OCC(C)(C)C. The zero-order chi connectivity index (χ0) is 12.3. The van der Waals surface area contributed by atoms with E-state index in [4.69, 9.17) is 4.74 Å². The summed E-state index contributed by atoms with van der Waals surface area (Å²) in [6, 6.07) is 0. The molecule has 0 heterocycles. The quantitative estimate of drug-likeness (QED) is 0.765. The number of ether oxygens (including phenoxy) is 1. The maximum atomic E-state index is 11.8. The molecule has 0 bridgehead atoms. The van der Waals surface area contributed by atoms with Gasteiger partial charge in [-0.3, -0.25) is 4.79 Å². The van der Waals surface area contributed by atoms with Crippen molar-refractivity contribution in [3.05, 3.63) is 0 Å². The first-order valence-corrected chi connectivity index (χ1v) is 5.41. The van der Waals surface area contributed by atoms with Crippen molar-refractivity contribution in [2.45, 2.75) is 47.1 Å². The molecule has 0 rings (SSSR count). The number of aliphatic hydroxyl groups excluding tert-OH is 1. The standard InChI is InChI=1S/C12H24O3/c1-9(2)10(14)12(6,7-13)15-8-11(3,4)5/h9,13H,7-8H2,1-6H3. The van der Waals surface area contributed by atoms with Crippen molar-refractivity contribution < 1.29 is 14.6 Å². The fraction of sp³-hybridized carbons (Fsp3) is 0.917. The number of hydrogen-bond donors (Lipinski definition) is 1. The second kappa shape index (κ2) is 5.08. The zero-order valence-corrected chi connectivity index (χ0v) is 10.8. The van der Waals surface area contributed by atoms with Crippen LogP contribution in [-0.4, -0.2) is 29.7 Å². The van der Waals surface area contributed by atoms with Crippen molar-refractivity contribution >= 4 is 5.78 Å². The minimum Gasteiger partial charge on any atom is -0.393 e. The van der Waals surface area contributed by atoms with Crippen molar-refractivity contribution in [3.63, 3.8) is 0 Å². The molecule has 0 saturated heterocycles. The minimum absolute atomic E-state index is 0.00626. The molecule has 0 spiro atoms. The first-order chi connectivity index (χ1) is 6.62. The van der Waals surface area contributed by atoms with E-state index < -0.39 is 5.60 Å². The van der Waals surface area contributed by atoms with E-state index in [1.165, 1.54) is 0 Å². The Morgan fingerprint density at radius 1 is 1.27 bits per heavy atom. The van der Waals surface area contributed by atoms with Crippen LogP contribution in [0.15, 0.2) is 0 Å². The van der Waals surface area contributed by atoms with Crippen molar-refractivity contribution in [2.75, 3.05) is 13.2 Å². The molecule has 0 aliphatic rings. The third-order valence-corrected chi connectivity index (χ3v) is 2.17. The molecular formula is C12H24O3. The monoisotopic (exact) mass is 216 g/mol. The van der Waals surface area contributed by atoms with Crippen molar-refractivity contribution in [1.82, 2.24) is 0 Å². The largest absolute Gasteiger partial charge is 0.393 e. The Morgan fingerprint density at radius 2 is 1.73 bits per heavy atom. The Balaban J connectivity index is 4.52. The smallest absolute Gasteiger partial charge is 0.169 e. The number of aliphatic hydroxyl groups is 1. The highest BCUT2D eigenvalue weighted by Gasteiger charge is 2.36. The molecule has 0 saturated carbocycles. The summed E-state index contributed by atoms with van der Waals surface area (Å²) in [5.41, 5.74) is -1.06. The molecule has 3 nitrogen and oxygen atoms in total. The van der Waals surface area contributed by atoms with E-state index in [9.17, 15) is 9.90 Å². The highest BCUT2D eigenvalue weighted by molar-refractivity contribution is 5.88.